The molecule has 0 fully saturated rings. The normalized spacial score (nSPS) is 12.0. The van der Waals surface area contributed by atoms with Crippen LogP contribution >= 0.6 is 23.8 Å². The molecule has 3 N–H and O–H groups in total. The fraction of sp³-hybridized carbons (Fsp3) is 0.364. The number of benzene rings is 1. The summed E-state index contributed by atoms with van der Waals surface area (Å²) in [6.07, 6.45) is -0.430. The molecule has 0 saturated heterocycles. The van der Waals surface area contributed by atoms with Crippen molar-refractivity contribution in [2.45, 2.75) is 20.0 Å². The maximum atomic E-state index is 9.08. The molecule has 0 radical (unpaired) electrons. The van der Waals surface area contributed by atoms with Gasteiger partial charge in [-0.3, -0.25) is 0 Å². The molecular weight excluding hydrogens is 244 g/mol. The largest absolute Gasteiger partial charge is 0.392 e. The SMILES string of the molecule is Cc1cc(Cl)cc(NC(=S)NCC(C)O)c1. The molecular formula is C11H15ClN2OS. The zero-order valence-corrected chi connectivity index (χ0v) is 10.8. The minimum Gasteiger partial charge on any atom is -0.392 e. The molecule has 3 nitrogen and oxygen atoms in total. The van der Waals surface area contributed by atoms with Crippen LogP contribution in [0.5, 0.6) is 0 Å². The van der Waals surface area contributed by atoms with Gasteiger partial charge in [0, 0.05) is 17.3 Å². The van der Waals surface area contributed by atoms with Crippen molar-refractivity contribution in [1.29, 1.82) is 0 Å². The molecule has 1 aromatic rings. The van der Waals surface area contributed by atoms with E-state index in [4.69, 9.17) is 28.9 Å². The maximum Gasteiger partial charge on any atom is 0.170 e. The summed E-state index contributed by atoms with van der Waals surface area (Å²) in [6.45, 7) is 4.08. The van der Waals surface area contributed by atoms with Gasteiger partial charge in [0.05, 0.1) is 6.10 Å². The Morgan fingerprint density at radius 2 is 2.19 bits per heavy atom. The van der Waals surface area contributed by atoms with Crippen LogP contribution in [-0.2, 0) is 0 Å². The molecule has 1 rings (SSSR count). The third-order valence-corrected chi connectivity index (χ3v) is 2.32. The van der Waals surface area contributed by atoms with Crippen molar-refractivity contribution in [3.63, 3.8) is 0 Å². The van der Waals surface area contributed by atoms with E-state index < -0.39 is 6.10 Å². The lowest BCUT2D eigenvalue weighted by atomic mass is 10.2. The Balaban J connectivity index is 2.56. The Hall–Kier alpha value is -0.840. The minimum absolute atomic E-state index is 0.422. The number of rotatable bonds is 3. The van der Waals surface area contributed by atoms with Gasteiger partial charge in [0.15, 0.2) is 5.11 Å². The average Bonchev–Trinajstić information content (AvgIpc) is 2.12. The summed E-state index contributed by atoms with van der Waals surface area (Å²) in [6, 6.07) is 5.62. The molecule has 0 bridgehead atoms. The molecule has 1 aromatic carbocycles. The summed E-state index contributed by atoms with van der Waals surface area (Å²) in [5.41, 5.74) is 1.90. The van der Waals surface area contributed by atoms with Crippen molar-refractivity contribution < 1.29 is 5.11 Å². The zero-order chi connectivity index (χ0) is 12.1. The summed E-state index contributed by atoms with van der Waals surface area (Å²) in [7, 11) is 0. The van der Waals surface area contributed by atoms with Crippen molar-refractivity contribution in [3.05, 3.63) is 28.8 Å². The first-order valence-corrected chi connectivity index (χ1v) is 5.76. The minimum atomic E-state index is -0.430. The Morgan fingerprint density at radius 3 is 2.75 bits per heavy atom. The predicted octanol–water partition coefficient (Wildman–Crippen LogP) is 2.32. The number of aliphatic hydroxyl groups is 1. The molecule has 0 spiro atoms. The molecule has 1 unspecified atom stereocenters. The van der Waals surface area contributed by atoms with Gasteiger partial charge >= 0.3 is 0 Å². The van der Waals surface area contributed by atoms with E-state index in [1.807, 2.05) is 19.1 Å². The summed E-state index contributed by atoms with van der Waals surface area (Å²) in [5.74, 6) is 0. The Morgan fingerprint density at radius 1 is 1.50 bits per heavy atom. The highest BCUT2D eigenvalue weighted by Gasteiger charge is 2.01. The first kappa shape index (κ1) is 13.2. The number of halogens is 1. The summed E-state index contributed by atoms with van der Waals surface area (Å²) in [4.78, 5) is 0. The van der Waals surface area contributed by atoms with Gasteiger partial charge < -0.3 is 15.7 Å². The maximum absolute atomic E-state index is 9.08. The van der Waals surface area contributed by atoms with Crippen molar-refractivity contribution in [1.82, 2.24) is 5.32 Å². The number of hydrogen-bond donors (Lipinski definition) is 3. The van der Waals surface area contributed by atoms with Crippen LogP contribution < -0.4 is 10.6 Å². The Bertz CT molecular complexity index is 362. The first-order valence-electron chi connectivity index (χ1n) is 4.97. The van der Waals surface area contributed by atoms with E-state index >= 15 is 0 Å². The third-order valence-electron chi connectivity index (χ3n) is 1.86. The van der Waals surface area contributed by atoms with E-state index in [2.05, 4.69) is 10.6 Å². The smallest absolute Gasteiger partial charge is 0.170 e. The summed E-state index contributed by atoms with van der Waals surface area (Å²) in [5, 5.41) is 16.1. The molecule has 1 atom stereocenters. The standard InChI is InChI=1S/C11H15ClN2OS/c1-7-3-9(12)5-10(4-7)14-11(16)13-6-8(2)15/h3-5,8,15H,6H2,1-2H3,(H2,13,14,16). The Labute approximate surface area is 106 Å². The van der Waals surface area contributed by atoms with Gasteiger partial charge in [0.25, 0.3) is 0 Å². The number of anilines is 1. The van der Waals surface area contributed by atoms with Gasteiger partial charge in [-0.1, -0.05) is 11.6 Å². The van der Waals surface area contributed by atoms with Crippen molar-refractivity contribution in [3.8, 4) is 0 Å². The monoisotopic (exact) mass is 258 g/mol. The number of hydrogen-bond acceptors (Lipinski definition) is 2. The third kappa shape index (κ3) is 4.79. The highest BCUT2D eigenvalue weighted by Crippen LogP contribution is 2.18. The van der Waals surface area contributed by atoms with Crippen LogP contribution in [0.2, 0.25) is 5.02 Å². The fourth-order valence-electron chi connectivity index (χ4n) is 1.22. The van der Waals surface area contributed by atoms with Crippen LogP contribution in [-0.4, -0.2) is 22.9 Å². The second kappa shape index (κ2) is 6.03. The molecule has 0 aliphatic rings. The average molecular weight is 259 g/mol. The highest BCUT2D eigenvalue weighted by molar-refractivity contribution is 7.80. The topological polar surface area (TPSA) is 44.3 Å². The molecule has 0 aliphatic carbocycles. The molecule has 0 heterocycles. The first-order chi connectivity index (χ1) is 7.47. The van der Waals surface area contributed by atoms with Gasteiger partial charge in [-0.2, -0.15) is 0 Å². The molecule has 88 valence electrons. The van der Waals surface area contributed by atoms with E-state index in [1.54, 1.807) is 13.0 Å². The molecule has 0 saturated carbocycles. The number of aliphatic hydroxyl groups excluding tert-OH is 1. The second-order valence-corrected chi connectivity index (χ2v) is 4.55. The van der Waals surface area contributed by atoms with Crippen LogP contribution in [0.1, 0.15) is 12.5 Å². The fourth-order valence-corrected chi connectivity index (χ4v) is 1.72. The summed E-state index contributed by atoms with van der Waals surface area (Å²) >= 11 is 11.0. The van der Waals surface area contributed by atoms with Crippen LogP contribution in [0.4, 0.5) is 5.69 Å². The molecule has 0 aromatic heterocycles. The lowest BCUT2D eigenvalue weighted by molar-refractivity contribution is 0.198. The van der Waals surface area contributed by atoms with Gasteiger partial charge in [-0.25, -0.2) is 0 Å². The number of thiocarbonyl (C=S) groups is 1. The van der Waals surface area contributed by atoms with Gasteiger partial charge in [0.2, 0.25) is 0 Å². The van der Waals surface area contributed by atoms with Gasteiger partial charge in [-0.05, 0) is 49.8 Å². The molecule has 16 heavy (non-hydrogen) atoms. The van der Waals surface area contributed by atoms with Crippen molar-refractivity contribution in [2.24, 2.45) is 0 Å². The van der Waals surface area contributed by atoms with E-state index in [0.717, 1.165) is 11.3 Å². The Kier molecular flexibility index (Phi) is 4.99. The van der Waals surface area contributed by atoms with Crippen molar-refractivity contribution in [2.75, 3.05) is 11.9 Å². The number of aryl methyl sites for hydroxylation is 1. The lowest BCUT2D eigenvalue weighted by Crippen LogP contribution is -2.33. The molecule has 0 aliphatic heterocycles. The number of nitrogens with one attached hydrogen (secondary N) is 2. The van der Waals surface area contributed by atoms with E-state index in [9.17, 15) is 0 Å². The quantitative estimate of drug-likeness (QED) is 0.728. The lowest BCUT2D eigenvalue weighted by Gasteiger charge is -2.12. The van der Waals surface area contributed by atoms with E-state index in [0.29, 0.717) is 16.7 Å². The van der Waals surface area contributed by atoms with Gasteiger partial charge in [0.1, 0.15) is 0 Å². The predicted molar refractivity (Wildman–Crippen MR) is 72.1 cm³/mol. The van der Waals surface area contributed by atoms with Crippen LogP contribution in [0, 0.1) is 6.92 Å². The molecule has 5 heteroatoms. The van der Waals surface area contributed by atoms with Crippen LogP contribution in [0.25, 0.3) is 0 Å². The molecule has 0 amide bonds. The summed E-state index contributed by atoms with van der Waals surface area (Å²) < 4.78 is 0. The van der Waals surface area contributed by atoms with Gasteiger partial charge in [-0.15, -0.1) is 0 Å². The van der Waals surface area contributed by atoms with Crippen LogP contribution in [0.3, 0.4) is 0 Å². The highest BCUT2D eigenvalue weighted by atomic mass is 35.5. The van der Waals surface area contributed by atoms with Crippen molar-refractivity contribution >= 4 is 34.6 Å². The van der Waals surface area contributed by atoms with E-state index in [1.165, 1.54) is 0 Å². The second-order valence-electron chi connectivity index (χ2n) is 3.70. The van der Waals surface area contributed by atoms with E-state index in [-0.39, 0.29) is 0 Å². The zero-order valence-electron chi connectivity index (χ0n) is 9.25. The van der Waals surface area contributed by atoms with Crippen LogP contribution in [0.15, 0.2) is 18.2 Å².